The predicted molar refractivity (Wildman–Crippen MR) is 140 cm³/mol. The van der Waals surface area contributed by atoms with Gasteiger partial charge in [-0.1, -0.05) is 53.5 Å². The number of hydrogen-bond acceptors (Lipinski definition) is 4. The summed E-state index contributed by atoms with van der Waals surface area (Å²) in [6.45, 7) is 7.82. The smallest absolute Gasteiger partial charge is 0.244 e. The monoisotopic (exact) mass is 551 g/mol. The number of aryl methyl sites for hydroxylation is 2. The molecule has 1 atom stereocenters. The lowest BCUT2D eigenvalue weighted by molar-refractivity contribution is -0.139. The number of halogens is 1. The van der Waals surface area contributed by atoms with E-state index in [2.05, 4.69) is 21.2 Å². The molecule has 0 saturated heterocycles. The second-order valence-electron chi connectivity index (χ2n) is 8.47. The van der Waals surface area contributed by atoms with Crippen molar-refractivity contribution in [1.82, 2.24) is 10.2 Å². The van der Waals surface area contributed by atoms with Gasteiger partial charge in [0.2, 0.25) is 21.8 Å². The van der Waals surface area contributed by atoms with Gasteiger partial charge in [-0.05, 0) is 62.1 Å². The van der Waals surface area contributed by atoms with Crippen molar-refractivity contribution < 1.29 is 18.0 Å². The van der Waals surface area contributed by atoms with E-state index in [9.17, 15) is 18.0 Å². The fourth-order valence-corrected chi connectivity index (χ4v) is 4.58. The fraction of sp³-hybridized carbons (Fsp3) is 0.440. The summed E-state index contributed by atoms with van der Waals surface area (Å²) in [5, 5.41) is 2.88. The van der Waals surface area contributed by atoms with Gasteiger partial charge in [-0.2, -0.15) is 0 Å². The van der Waals surface area contributed by atoms with Crippen LogP contribution in [-0.4, -0.2) is 50.5 Å². The highest BCUT2D eigenvalue weighted by Crippen LogP contribution is 2.25. The third-order valence-corrected chi connectivity index (χ3v) is 7.74. The molecule has 186 valence electrons. The molecule has 0 unspecified atom stereocenters. The Labute approximate surface area is 211 Å². The first-order valence-electron chi connectivity index (χ1n) is 11.3. The molecular formula is C25H34BrN3O4S. The number of hydrogen-bond donors (Lipinski definition) is 1. The second-order valence-corrected chi connectivity index (χ2v) is 11.2. The van der Waals surface area contributed by atoms with Crippen molar-refractivity contribution >= 4 is 43.5 Å². The molecule has 2 aromatic rings. The molecule has 0 bridgehead atoms. The minimum Gasteiger partial charge on any atom is -0.354 e. The van der Waals surface area contributed by atoms with Crippen molar-refractivity contribution in [2.24, 2.45) is 0 Å². The van der Waals surface area contributed by atoms with E-state index in [-0.39, 0.29) is 12.5 Å². The lowest BCUT2D eigenvalue weighted by Crippen LogP contribution is -2.51. The molecule has 0 saturated carbocycles. The number of sulfonamides is 1. The van der Waals surface area contributed by atoms with Crippen LogP contribution in [0.15, 0.2) is 46.9 Å². The van der Waals surface area contributed by atoms with Crippen molar-refractivity contribution in [1.29, 1.82) is 0 Å². The number of nitrogens with zero attached hydrogens (tertiary/aromatic N) is 2. The van der Waals surface area contributed by atoms with Gasteiger partial charge in [-0.3, -0.25) is 13.9 Å². The second kappa shape index (κ2) is 12.4. The summed E-state index contributed by atoms with van der Waals surface area (Å²) < 4.78 is 27.2. The number of carbonyl (C=O) groups excluding carboxylic acids is 2. The van der Waals surface area contributed by atoms with Crippen LogP contribution in [0.3, 0.4) is 0 Å². The summed E-state index contributed by atoms with van der Waals surface area (Å²) in [7, 11) is -3.75. The van der Waals surface area contributed by atoms with Gasteiger partial charge < -0.3 is 10.2 Å². The van der Waals surface area contributed by atoms with E-state index in [0.717, 1.165) is 44.6 Å². The van der Waals surface area contributed by atoms with E-state index in [0.29, 0.717) is 12.2 Å². The largest absolute Gasteiger partial charge is 0.354 e. The van der Waals surface area contributed by atoms with Crippen molar-refractivity contribution in [2.45, 2.75) is 53.1 Å². The first-order chi connectivity index (χ1) is 16.0. The molecule has 0 fully saturated rings. The van der Waals surface area contributed by atoms with E-state index in [1.165, 1.54) is 4.90 Å². The molecular weight excluding hydrogens is 518 g/mol. The normalized spacial score (nSPS) is 12.2. The number of amides is 2. The third kappa shape index (κ3) is 7.56. The average molecular weight is 553 g/mol. The topological polar surface area (TPSA) is 86.8 Å². The number of unbranched alkanes of at least 4 members (excludes halogenated alkanes) is 1. The molecule has 1 N–H and O–H groups in total. The number of benzene rings is 2. The van der Waals surface area contributed by atoms with E-state index in [4.69, 9.17) is 0 Å². The Morgan fingerprint density at radius 2 is 1.76 bits per heavy atom. The molecule has 0 aromatic heterocycles. The zero-order valence-corrected chi connectivity index (χ0v) is 22.9. The lowest BCUT2D eigenvalue weighted by Gasteiger charge is -2.32. The van der Waals surface area contributed by atoms with Crippen LogP contribution in [0.2, 0.25) is 0 Å². The van der Waals surface area contributed by atoms with Gasteiger partial charge in [-0.25, -0.2) is 8.42 Å². The maximum Gasteiger partial charge on any atom is 0.244 e. The molecule has 9 heteroatoms. The molecule has 2 rings (SSSR count). The van der Waals surface area contributed by atoms with Gasteiger partial charge in [0.25, 0.3) is 0 Å². The molecule has 0 radical (unpaired) electrons. The Balaban J connectivity index is 2.38. The maximum atomic E-state index is 13.5. The minimum atomic E-state index is -3.75. The van der Waals surface area contributed by atoms with Gasteiger partial charge in [0.15, 0.2) is 0 Å². The van der Waals surface area contributed by atoms with Crippen LogP contribution in [0.25, 0.3) is 0 Å². The molecule has 0 heterocycles. The Morgan fingerprint density at radius 1 is 1.09 bits per heavy atom. The summed E-state index contributed by atoms with van der Waals surface area (Å²) in [6.07, 6.45) is 2.86. The van der Waals surface area contributed by atoms with E-state index >= 15 is 0 Å². The zero-order chi connectivity index (χ0) is 25.5. The number of anilines is 1. The molecule has 0 aliphatic rings. The first kappa shape index (κ1) is 27.9. The molecule has 2 aromatic carbocycles. The lowest BCUT2D eigenvalue weighted by atomic mass is 10.1. The van der Waals surface area contributed by atoms with Crippen LogP contribution in [0.4, 0.5) is 5.69 Å². The average Bonchev–Trinajstić information content (AvgIpc) is 2.77. The van der Waals surface area contributed by atoms with Gasteiger partial charge in [0.05, 0.1) is 11.9 Å². The van der Waals surface area contributed by atoms with E-state index in [1.54, 1.807) is 25.1 Å². The van der Waals surface area contributed by atoms with Crippen molar-refractivity contribution in [2.75, 3.05) is 23.7 Å². The Bertz CT molecular complexity index is 1120. The summed E-state index contributed by atoms with van der Waals surface area (Å²) >= 11 is 3.42. The van der Waals surface area contributed by atoms with Gasteiger partial charge in [-0.15, -0.1) is 0 Å². The standard InChI is InChI=1S/C25H34BrN3O4S/c1-6-7-14-27-25(31)20(4)28(16-21-11-9-8-10-18(21)2)24(30)17-29(34(5,32)33)22-12-13-23(26)19(3)15-22/h8-13,15,20H,6-7,14,16-17H2,1-5H3,(H,27,31)/t20-/m1/s1. The highest BCUT2D eigenvalue weighted by molar-refractivity contribution is 9.10. The molecule has 0 aliphatic heterocycles. The first-order valence-corrected chi connectivity index (χ1v) is 13.9. The Kier molecular flexibility index (Phi) is 10.1. The maximum absolute atomic E-state index is 13.5. The van der Waals surface area contributed by atoms with Crippen molar-refractivity contribution in [3.8, 4) is 0 Å². The quantitative estimate of drug-likeness (QED) is 0.424. The minimum absolute atomic E-state index is 0.199. The van der Waals surface area contributed by atoms with Crippen LogP contribution in [0.1, 0.15) is 43.4 Å². The van der Waals surface area contributed by atoms with Crippen molar-refractivity contribution in [3.05, 3.63) is 63.6 Å². The summed E-state index contributed by atoms with van der Waals surface area (Å²) in [6, 6.07) is 12.0. The molecule has 7 nitrogen and oxygen atoms in total. The SMILES string of the molecule is CCCCNC(=O)[C@@H](C)N(Cc1ccccc1C)C(=O)CN(c1ccc(Br)c(C)c1)S(C)(=O)=O. The van der Waals surface area contributed by atoms with Crippen LogP contribution < -0.4 is 9.62 Å². The van der Waals surface area contributed by atoms with Crippen LogP contribution in [0.5, 0.6) is 0 Å². The molecule has 0 aliphatic carbocycles. The van der Waals surface area contributed by atoms with E-state index < -0.39 is 28.5 Å². The van der Waals surface area contributed by atoms with Crippen molar-refractivity contribution in [3.63, 3.8) is 0 Å². The van der Waals surface area contributed by atoms with E-state index in [1.807, 2.05) is 45.0 Å². The summed E-state index contributed by atoms with van der Waals surface area (Å²) in [5.74, 6) is -0.715. The highest BCUT2D eigenvalue weighted by atomic mass is 79.9. The molecule has 0 spiro atoms. The Morgan fingerprint density at radius 3 is 2.35 bits per heavy atom. The van der Waals surface area contributed by atoms with Crippen LogP contribution in [-0.2, 0) is 26.2 Å². The van der Waals surface area contributed by atoms with Gasteiger partial charge in [0.1, 0.15) is 12.6 Å². The number of nitrogens with one attached hydrogen (secondary N) is 1. The van der Waals surface area contributed by atoms with Crippen LogP contribution in [0, 0.1) is 13.8 Å². The zero-order valence-electron chi connectivity index (χ0n) is 20.5. The highest BCUT2D eigenvalue weighted by Gasteiger charge is 2.30. The number of rotatable bonds is 11. The van der Waals surface area contributed by atoms with Gasteiger partial charge in [0, 0.05) is 17.6 Å². The number of carbonyl (C=O) groups is 2. The third-order valence-electron chi connectivity index (χ3n) is 5.71. The van der Waals surface area contributed by atoms with Crippen LogP contribution >= 0.6 is 15.9 Å². The predicted octanol–water partition coefficient (Wildman–Crippen LogP) is 4.17. The Hall–Kier alpha value is -2.39. The fourth-order valence-electron chi connectivity index (χ4n) is 3.49. The molecule has 2 amide bonds. The summed E-state index contributed by atoms with van der Waals surface area (Å²) in [4.78, 5) is 27.8. The summed E-state index contributed by atoms with van der Waals surface area (Å²) in [5.41, 5.74) is 3.13. The molecule has 34 heavy (non-hydrogen) atoms. The van der Waals surface area contributed by atoms with Gasteiger partial charge >= 0.3 is 0 Å².